The fraction of sp³-hybridized carbons (Fsp3) is 0.182. The van der Waals surface area contributed by atoms with Crippen molar-refractivity contribution in [3.8, 4) is 11.1 Å². The van der Waals surface area contributed by atoms with E-state index in [1.54, 1.807) is 18.2 Å². The van der Waals surface area contributed by atoms with Crippen molar-refractivity contribution >= 4 is 17.5 Å². The summed E-state index contributed by atoms with van der Waals surface area (Å²) in [6.45, 7) is 0.0337. The molecule has 0 fully saturated rings. The Hall–Kier alpha value is -3.07. The Bertz CT molecular complexity index is 1110. The third-order valence-corrected chi connectivity index (χ3v) is 4.95. The van der Waals surface area contributed by atoms with E-state index in [1.165, 1.54) is 18.2 Å². The summed E-state index contributed by atoms with van der Waals surface area (Å²) in [5.41, 5.74) is -0.917. The Morgan fingerprint density at radius 3 is 2.19 bits per heavy atom. The second-order valence-corrected chi connectivity index (χ2v) is 7.19. The number of benzene rings is 2. The zero-order valence-corrected chi connectivity index (χ0v) is 16.9. The molecular weight excluding hydrogens is 458 g/mol. The van der Waals surface area contributed by atoms with Crippen molar-refractivity contribution in [3.63, 3.8) is 0 Å². The molecule has 0 aliphatic heterocycles. The first-order valence-corrected chi connectivity index (χ1v) is 9.61. The van der Waals surface area contributed by atoms with Crippen LogP contribution in [0.4, 0.5) is 26.3 Å². The number of halogens is 7. The van der Waals surface area contributed by atoms with E-state index in [-0.39, 0.29) is 13.0 Å². The van der Waals surface area contributed by atoms with Crippen LogP contribution in [-0.4, -0.2) is 17.4 Å². The maximum Gasteiger partial charge on any atom is 0.433 e. The lowest BCUT2D eigenvalue weighted by Gasteiger charge is -2.13. The molecule has 1 heterocycles. The number of hydrogen-bond donors (Lipinski definition) is 1. The largest absolute Gasteiger partial charge is 0.433 e. The summed E-state index contributed by atoms with van der Waals surface area (Å²) in [6.07, 6.45) is -7.86. The SMILES string of the molecule is O=C(NCCc1ccc(-c2ccc(C(F)(F)F)nc2)cc1Cl)c1ccccc1C(F)(F)F. The highest BCUT2D eigenvalue weighted by Crippen LogP contribution is 2.32. The summed E-state index contributed by atoms with van der Waals surface area (Å²) in [4.78, 5) is 15.6. The predicted octanol–water partition coefficient (Wildman–Crippen LogP) is 6.41. The molecule has 0 aliphatic carbocycles. The molecule has 0 unspecified atom stereocenters. The zero-order chi connectivity index (χ0) is 23.5. The number of carbonyl (C=O) groups is 1. The molecule has 0 radical (unpaired) electrons. The van der Waals surface area contributed by atoms with Gasteiger partial charge in [0.2, 0.25) is 0 Å². The van der Waals surface area contributed by atoms with Gasteiger partial charge in [-0.05, 0) is 41.8 Å². The van der Waals surface area contributed by atoms with E-state index in [1.807, 2.05) is 0 Å². The molecule has 1 amide bonds. The van der Waals surface area contributed by atoms with E-state index in [9.17, 15) is 31.1 Å². The van der Waals surface area contributed by atoms with Crippen LogP contribution >= 0.6 is 11.6 Å². The molecule has 10 heteroatoms. The molecule has 0 spiro atoms. The number of nitrogens with zero attached hydrogens (tertiary/aromatic N) is 1. The number of amides is 1. The van der Waals surface area contributed by atoms with Crippen LogP contribution in [0, 0.1) is 0 Å². The number of nitrogens with one attached hydrogen (secondary N) is 1. The van der Waals surface area contributed by atoms with Crippen LogP contribution in [0.25, 0.3) is 11.1 Å². The third-order valence-electron chi connectivity index (χ3n) is 4.60. The van der Waals surface area contributed by atoms with Crippen LogP contribution in [-0.2, 0) is 18.8 Å². The Kier molecular flexibility index (Phi) is 6.78. The standard InChI is InChI=1S/C22H15ClF6N2O/c23-18-11-14(15-7-8-19(31-12-15)22(27,28)29)6-5-13(18)9-10-30-20(32)16-3-1-2-4-17(16)21(24,25)26/h1-8,11-12H,9-10H2,(H,30,32). The van der Waals surface area contributed by atoms with Gasteiger partial charge in [0.15, 0.2) is 0 Å². The van der Waals surface area contributed by atoms with Crippen molar-refractivity contribution in [2.45, 2.75) is 18.8 Å². The Morgan fingerprint density at radius 2 is 1.59 bits per heavy atom. The minimum absolute atomic E-state index is 0.0337. The molecule has 0 aliphatic rings. The molecule has 3 nitrogen and oxygen atoms in total. The van der Waals surface area contributed by atoms with E-state index in [2.05, 4.69) is 10.3 Å². The first kappa shape index (κ1) is 23.6. The fourth-order valence-corrected chi connectivity index (χ4v) is 3.27. The van der Waals surface area contributed by atoms with Crippen molar-refractivity contribution in [3.05, 3.63) is 88.2 Å². The van der Waals surface area contributed by atoms with Crippen LogP contribution in [0.3, 0.4) is 0 Å². The summed E-state index contributed by atoms with van der Waals surface area (Å²) in [6, 6.07) is 11.4. The number of aromatic nitrogens is 1. The minimum atomic E-state index is -4.65. The van der Waals surface area contributed by atoms with Gasteiger partial charge in [-0.1, -0.05) is 41.9 Å². The van der Waals surface area contributed by atoms with E-state index in [0.29, 0.717) is 21.7 Å². The van der Waals surface area contributed by atoms with Crippen LogP contribution in [0.1, 0.15) is 27.2 Å². The van der Waals surface area contributed by atoms with Crippen molar-refractivity contribution in [2.24, 2.45) is 0 Å². The molecule has 3 rings (SSSR count). The molecule has 0 saturated heterocycles. The van der Waals surface area contributed by atoms with Gasteiger partial charge in [-0.2, -0.15) is 26.3 Å². The van der Waals surface area contributed by atoms with Crippen molar-refractivity contribution in [1.82, 2.24) is 10.3 Å². The second-order valence-electron chi connectivity index (χ2n) is 6.79. The molecule has 168 valence electrons. The maximum atomic E-state index is 13.0. The highest BCUT2D eigenvalue weighted by molar-refractivity contribution is 6.31. The summed E-state index contributed by atoms with van der Waals surface area (Å²) in [5.74, 6) is -0.860. The highest BCUT2D eigenvalue weighted by atomic mass is 35.5. The molecule has 0 atom stereocenters. The molecule has 1 N–H and O–H groups in total. The number of alkyl halides is 6. The van der Waals surface area contributed by atoms with Gasteiger partial charge in [0, 0.05) is 23.3 Å². The summed E-state index contributed by atoms with van der Waals surface area (Å²) in [7, 11) is 0. The predicted molar refractivity (Wildman–Crippen MR) is 107 cm³/mol. The maximum absolute atomic E-state index is 13.0. The van der Waals surface area contributed by atoms with Gasteiger partial charge in [-0.15, -0.1) is 0 Å². The topological polar surface area (TPSA) is 42.0 Å². The lowest BCUT2D eigenvalue weighted by Crippen LogP contribution is -2.28. The highest BCUT2D eigenvalue weighted by Gasteiger charge is 2.34. The minimum Gasteiger partial charge on any atom is -0.352 e. The number of pyridine rings is 1. The van der Waals surface area contributed by atoms with Crippen LogP contribution in [0.15, 0.2) is 60.8 Å². The van der Waals surface area contributed by atoms with Gasteiger partial charge in [0.05, 0.1) is 11.1 Å². The molecule has 2 aromatic carbocycles. The Morgan fingerprint density at radius 1 is 0.906 bits per heavy atom. The van der Waals surface area contributed by atoms with Crippen LogP contribution in [0.2, 0.25) is 5.02 Å². The van der Waals surface area contributed by atoms with Crippen LogP contribution in [0.5, 0.6) is 0 Å². The van der Waals surface area contributed by atoms with Gasteiger partial charge in [-0.3, -0.25) is 9.78 Å². The Labute approximate surface area is 184 Å². The van der Waals surface area contributed by atoms with Crippen molar-refractivity contribution < 1.29 is 31.1 Å². The average Bonchev–Trinajstić information content (AvgIpc) is 2.73. The number of carbonyl (C=O) groups excluding carboxylic acids is 1. The van der Waals surface area contributed by atoms with Crippen molar-refractivity contribution in [1.29, 1.82) is 0 Å². The smallest absolute Gasteiger partial charge is 0.352 e. The molecule has 3 aromatic rings. The molecule has 0 bridgehead atoms. The lowest BCUT2D eigenvalue weighted by molar-refractivity contribution is -0.141. The summed E-state index contributed by atoms with van der Waals surface area (Å²) < 4.78 is 77.0. The van der Waals surface area contributed by atoms with Gasteiger partial charge < -0.3 is 5.32 Å². The van der Waals surface area contributed by atoms with Crippen LogP contribution < -0.4 is 5.32 Å². The lowest BCUT2D eigenvalue weighted by atomic mass is 10.0. The molecule has 0 saturated carbocycles. The normalized spacial score (nSPS) is 12.0. The van der Waals surface area contributed by atoms with Gasteiger partial charge >= 0.3 is 12.4 Å². The first-order chi connectivity index (χ1) is 15.0. The summed E-state index contributed by atoms with van der Waals surface area (Å²) in [5, 5.41) is 2.74. The van der Waals surface area contributed by atoms with E-state index in [4.69, 9.17) is 11.6 Å². The number of rotatable bonds is 5. The zero-order valence-electron chi connectivity index (χ0n) is 16.2. The van der Waals surface area contributed by atoms with Gasteiger partial charge in [-0.25, -0.2) is 0 Å². The summed E-state index contributed by atoms with van der Waals surface area (Å²) >= 11 is 6.24. The monoisotopic (exact) mass is 472 g/mol. The molecular formula is C22H15ClF6N2O. The quantitative estimate of drug-likeness (QED) is 0.436. The van der Waals surface area contributed by atoms with Gasteiger partial charge in [0.1, 0.15) is 5.69 Å². The second kappa shape index (κ2) is 9.20. The molecule has 32 heavy (non-hydrogen) atoms. The fourth-order valence-electron chi connectivity index (χ4n) is 3.00. The van der Waals surface area contributed by atoms with Gasteiger partial charge in [0.25, 0.3) is 5.91 Å². The number of hydrogen-bond acceptors (Lipinski definition) is 2. The van der Waals surface area contributed by atoms with E-state index in [0.717, 1.165) is 24.4 Å². The van der Waals surface area contributed by atoms with E-state index < -0.39 is 35.1 Å². The first-order valence-electron chi connectivity index (χ1n) is 9.23. The third kappa shape index (κ3) is 5.59. The van der Waals surface area contributed by atoms with E-state index >= 15 is 0 Å². The molecule has 1 aromatic heterocycles. The Balaban J connectivity index is 1.66. The van der Waals surface area contributed by atoms with Crippen molar-refractivity contribution in [2.75, 3.05) is 6.54 Å². The average molecular weight is 473 g/mol.